The molecule has 1 fully saturated rings. The van der Waals surface area contributed by atoms with Crippen molar-refractivity contribution in [2.45, 2.75) is 12.6 Å². The molecular weight excluding hydrogens is 383 g/mol. The molecule has 1 aromatic carbocycles. The molecule has 0 radical (unpaired) electrons. The minimum atomic E-state index is -4.53. The van der Waals surface area contributed by atoms with Gasteiger partial charge in [0.1, 0.15) is 5.75 Å². The zero-order chi connectivity index (χ0) is 20.6. The van der Waals surface area contributed by atoms with Gasteiger partial charge >= 0.3 is 6.18 Å². The zero-order valence-electron chi connectivity index (χ0n) is 15.8. The number of allylic oxidation sites excluding steroid dienone is 1. The van der Waals surface area contributed by atoms with E-state index in [1.165, 1.54) is 18.3 Å². The second-order valence-electron chi connectivity index (χ2n) is 7.03. The van der Waals surface area contributed by atoms with Gasteiger partial charge in [-0.1, -0.05) is 0 Å². The van der Waals surface area contributed by atoms with Gasteiger partial charge in [-0.15, -0.1) is 0 Å². The van der Waals surface area contributed by atoms with Crippen molar-refractivity contribution in [1.82, 2.24) is 10.3 Å². The van der Waals surface area contributed by atoms with Crippen molar-refractivity contribution in [3.63, 3.8) is 0 Å². The number of benzene rings is 1. The van der Waals surface area contributed by atoms with Crippen LogP contribution in [0.15, 0.2) is 36.0 Å². The van der Waals surface area contributed by atoms with Gasteiger partial charge in [0, 0.05) is 49.9 Å². The number of ketones is 1. The summed E-state index contributed by atoms with van der Waals surface area (Å²) in [7, 11) is 1.55. The van der Waals surface area contributed by atoms with E-state index in [4.69, 9.17) is 4.74 Å². The standard InChI is InChI=1S/C21H20F3N3O2/c1-29-19-12-15-13(11-18(19)27-7-5-25-6-8-27)9-14(20(15)28)10-17-16(21(22,23)24)3-2-4-26-17/h2-4,10-12,25H,5-9H2,1H3/b14-10+. The Hall–Kier alpha value is -2.87. The average molecular weight is 403 g/mol. The van der Waals surface area contributed by atoms with E-state index in [0.717, 1.165) is 43.5 Å². The molecule has 1 saturated heterocycles. The Kier molecular flexibility index (Phi) is 5.04. The summed E-state index contributed by atoms with van der Waals surface area (Å²) in [6, 6.07) is 5.82. The molecule has 4 rings (SSSR count). The molecule has 29 heavy (non-hydrogen) atoms. The number of pyridine rings is 1. The summed E-state index contributed by atoms with van der Waals surface area (Å²) in [6.07, 6.45) is -1.72. The van der Waals surface area contributed by atoms with Gasteiger partial charge in [-0.05, 0) is 35.9 Å². The number of hydrogen-bond donors (Lipinski definition) is 1. The summed E-state index contributed by atoms with van der Waals surface area (Å²) < 4.78 is 45.3. The number of piperazine rings is 1. The van der Waals surface area contributed by atoms with Crippen LogP contribution in [-0.2, 0) is 12.6 Å². The third-order valence-corrected chi connectivity index (χ3v) is 5.23. The molecule has 1 aromatic heterocycles. The van der Waals surface area contributed by atoms with Crippen LogP contribution in [-0.4, -0.2) is 44.1 Å². The number of rotatable bonds is 3. The largest absolute Gasteiger partial charge is 0.495 e. The van der Waals surface area contributed by atoms with Crippen LogP contribution in [0.3, 0.4) is 0 Å². The van der Waals surface area contributed by atoms with Crippen LogP contribution in [0.4, 0.5) is 18.9 Å². The Morgan fingerprint density at radius 1 is 1.24 bits per heavy atom. The highest BCUT2D eigenvalue weighted by molar-refractivity contribution is 6.16. The molecule has 0 atom stereocenters. The zero-order valence-corrected chi connectivity index (χ0v) is 15.8. The van der Waals surface area contributed by atoms with Gasteiger partial charge in [0.15, 0.2) is 5.78 Å². The summed E-state index contributed by atoms with van der Waals surface area (Å²) in [5, 5.41) is 3.29. The van der Waals surface area contributed by atoms with Crippen molar-refractivity contribution in [1.29, 1.82) is 0 Å². The van der Waals surface area contributed by atoms with Gasteiger partial charge in [0.2, 0.25) is 0 Å². The molecule has 8 heteroatoms. The fraction of sp³-hybridized carbons (Fsp3) is 0.333. The van der Waals surface area contributed by atoms with E-state index in [-0.39, 0.29) is 17.9 Å². The third kappa shape index (κ3) is 3.72. The van der Waals surface area contributed by atoms with Crippen molar-refractivity contribution in [2.24, 2.45) is 0 Å². The van der Waals surface area contributed by atoms with Crippen molar-refractivity contribution < 1.29 is 22.7 Å². The average Bonchev–Trinajstić information content (AvgIpc) is 3.02. The first-order valence-electron chi connectivity index (χ1n) is 9.32. The van der Waals surface area contributed by atoms with Gasteiger partial charge in [-0.2, -0.15) is 13.2 Å². The molecule has 2 aromatic rings. The van der Waals surface area contributed by atoms with E-state index in [2.05, 4.69) is 15.2 Å². The van der Waals surface area contributed by atoms with Crippen molar-refractivity contribution in [3.05, 3.63) is 58.4 Å². The first-order valence-corrected chi connectivity index (χ1v) is 9.32. The number of anilines is 1. The lowest BCUT2D eigenvalue weighted by atomic mass is 10.1. The molecule has 0 amide bonds. The number of Topliss-reactive ketones (excluding diaryl/α,β-unsaturated/α-hetero) is 1. The van der Waals surface area contributed by atoms with E-state index in [1.807, 2.05) is 6.07 Å². The number of carbonyl (C=O) groups is 1. The molecule has 0 bridgehead atoms. The quantitative estimate of drug-likeness (QED) is 0.797. The molecule has 0 spiro atoms. The number of ether oxygens (including phenoxy) is 1. The molecule has 1 aliphatic carbocycles. The summed E-state index contributed by atoms with van der Waals surface area (Å²) in [5.74, 6) is 0.304. The SMILES string of the molecule is COc1cc2c(cc1N1CCNCC1)C/C(=C\c1ncccc1C(F)(F)F)C2=O. The maximum absolute atomic E-state index is 13.3. The van der Waals surface area contributed by atoms with E-state index in [0.29, 0.717) is 16.9 Å². The van der Waals surface area contributed by atoms with Crippen LogP contribution in [0.1, 0.15) is 27.2 Å². The molecule has 152 valence electrons. The molecular formula is C21H20F3N3O2. The van der Waals surface area contributed by atoms with Crippen molar-refractivity contribution in [2.75, 3.05) is 38.2 Å². The van der Waals surface area contributed by atoms with Crippen LogP contribution in [0, 0.1) is 0 Å². The van der Waals surface area contributed by atoms with Gasteiger partial charge in [-0.25, -0.2) is 0 Å². The van der Waals surface area contributed by atoms with E-state index in [9.17, 15) is 18.0 Å². The normalized spacial score (nSPS) is 18.3. The lowest BCUT2D eigenvalue weighted by molar-refractivity contribution is -0.138. The molecule has 1 N–H and O–H groups in total. The topological polar surface area (TPSA) is 54.5 Å². The molecule has 0 saturated carbocycles. The number of nitrogens with one attached hydrogen (secondary N) is 1. The second kappa shape index (κ2) is 7.51. The first kappa shape index (κ1) is 19.4. The molecule has 5 nitrogen and oxygen atoms in total. The molecule has 0 unspecified atom stereocenters. The first-order chi connectivity index (χ1) is 13.9. The highest BCUT2D eigenvalue weighted by Crippen LogP contribution is 2.39. The number of fused-ring (bicyclic) bond motifs is 1. The number of nitrogens with zero attached hydrogens (tertiary/aromatic N) is 2. The fourth-order valence-corrected chi connectivity index (χ4v) is 3.80. The lowest BCUT2D eigenvalue weighted by Gasteiger charge is -2.31. The Morgan fingerprint density at radius 3 is 2.69 bits per heavy atom. The van der Waals surface area contributed by atoms with Crippen LogP contribution >= 0.6 is 0 Å². The Balaban J connectivity index is 1.71. The Morgan fingerprint density at radius 2 is 2.00 bits per heavy atom. The van der Waals surface area contributed by atoms with Gasteiger partial charge in [0.25, 0.3) is 0 Å². The summed E-state index contributed by atoms with van der Waals surface area (Å²) >= 11 is 0. The smallest absolute Gasteiger partial charge is 0.418 e. The molecule has 1 aliphatic heterocycles. The van der Waals surface area contributed by atoms with E-state index >= 15 is 0 Å². The lowest BCUT2D eigenvalue weighted by Crippen LogP contribution is -2.43. The van der Waals surface area contributed by atoms with Gasteiger partial charge in [-0.3, -0.25) is 9.78 Å². The second-order valence-corrected chi connectivity index (χ2v) is 7.03. The maximum atomic E-state index is 13.3. The minimum Gasteiger partial charge on any atom is -0.495 e. The van der Waals surface area contributed by atoms with E-state index in [1.54, 1.807) is 13.2 Å². The highest BCUT2D eigenvalue weighted by atomic mass is 19.4. The van der Waals surface area contributed by atoms with Crippen molar-refractivity contribution in [3.8, 4) is 5.75 Å². The van der Waals surface area contributed by atoms with Crippen LogP contribution in [0.25, 0.3) is 6.08 Å². The Labute approximate surface area is 166 Å². The van der Waals surface area contributed by atoms with Crippen LogP contribution in [0.2, 0.25) is 0 Å². The Bertz CT molecular complexity index is 980. The summed E-state index contributed by atoms with van der Waals surface area (Å²) in [5.41, 5.74) is 1.36. The van der Waals surface area contributed by atoms with Crippen LogP contribution in [0.5, 0.6) is 5.75 Å². The number of aromatic nitrogens is 1. The predicted molar refractivity (Wildman–Crippen MR) is 103 cm³/mol. The number of methoxy groups -OCH3 is 1. The summed E-state index contributed by atoms with van der Waals surface area (Å²) in [4.78, 5) is 18.9. The van der Waals surface area contributed by atoms with E-state index < -0.39 is 11.7 Å². The van der Waals surface area contributed by atoms with Gasteiger partial charge in [0.05, 0.1) is 24.1 Å². The van der Waals surface area contributed by atoms with Gasteiger partial charge < -0.3 is 15.0 Å². The van der Waals surface area contributed by atoms with Crippen molar-refractivity contribution >= 4 is 17.5 Å². The van der Waals surface area contributed by atoms with Crippen LogP contribution < -0.4 is 15.0 Å². The molecule has 2 heterocycles. The minimum absolute atomic E-state index is 0.245. The fourth-order valence-electron chi connectivity index (χ4n) is 3.80. The summed E-state index contributed by atoms with van der Waals surface area (Å²) in [6.45, 7) is 3.33. The highest BCUT2D eigenvalue weighted by Gasteiger charge is 2.34. The number of halogens is 3. The molecule has 2 aliphatic rings. The predicted octanol–water partition coefficient (Wildman–Crippen LogP) is 3.34. The third-order valence-electron chi connectivity index (χ3n) is 5.23. The number of alkyl halides is 3. The maximum Gasteiger partial charge on any atom is 0.418 e. The number of carbonyl (C=O) groups excluding carboxylic acids is 1. The monoisotopic (exact) mass is 403 g/mol. The number of hydrogen-bond acceptors (Lipinski definition) is 5.